The molecule has 1 rings (SSSR count). The first-order valence-electron chi connectivity index (χ1n) is 5.48. The van der Waals surface area contributed by atoms with E-state index in [1.165, 1.54) is 7.05 Å². The molecule has 0 aromatic heterocycles. The van der Waals surface area contributed by atoms with Crippen molar-refractivity contribution in [3.63, 3.8) is 0 Å². The molecule has 0 bridgehead atoms. The first-order valence-corrected chi connectivity index (χ1v) is 5.48. The predicted octanol–water partition coefficient (Wildman–Crippen LogP) is 1.64. The molecule has 0 aliphatic carbocycles. The van der Waals surface area contributed by atoms with Gasteiger partial charge < -0.3 is 10.6 Å². The van der Waals surface area contributed by atoms with Crippen LogP contribution in [0.2, 0.25) is 0 Å². The minimum atomic E-state index is -0.526. The summed E-state index contributed by atoms with van der Waals surface area (Å²) in [5.74, 6) is 0. The number of nitrogens with zero attached hydrogens (tertiary/aromatic N) is 1. The van der Waals surface area contributed by atoms with Gasteiger partial charge in [-0.05, 0) is 27.7 Å². The molecular formula is C11H21N3O2. The van der Waals surface area contributed by atoms with Gasteiger partial charge >= 0.3 is 6.09 Å². The van der Waals surface area contributed by atoms with E-state index in [0.717, 1.165) is 18.6 Å². The Balaban J connectivity index is 2.70. The molecule has 1 aliphatic rings. The lowest BCUT2D eigenvalue weighted by Crippen LogP contribution is -2.58. The second-order valence-corrected chi connectivity index (χ2v) is 5.53. The van der Waals surface area contributed by atoms with Crippen LogP contribution < -0.4 is 10.6 Å². The molecule has 1 fully saturated rings. The molecule has 0 atom stereocenters. The zero-order valence-corrected chi connectivity index (χ0v) is 10.7. The Hall–Kier alpha value is -1.10. The minimum absolute atomic E-state index is 0.0212. The van der Waals surface area contributed by atoms with Crippen molar-refractivity contribution in [2.75, 3.05) is 7.05 Å². The summed E-state index contributed by atoms with van der Waals surface area (Å²) in [6.07, 6.45) is 1.04. The van der Waals surface area contributed by atoms with E-state index in [9.17, 15) is 4.79 Å². The number of nitrogens with one attached hydrogen (secondary N) is 2. The molecule has 0 radical (unpaired) electrons. The van der Waals surface area contributed by atoms with Crippen molar-refractivity contribution >= 4 is 11.8 Å². The molecule has 0 saturated carbocycles. The lowest BCUT2D eigenvalue weighted by atomic mass is 9.81. The maximum Gasteiger partial charge on any atom is 0.433 e. The highest BCUT2D eigenvalue weighted by atomic mass is 16.7. The van der Waals surface area contributed by atoms with E-state index in [1.54, 1.807) is 0 Å². The van der Waals surface area contributed by atoms with Gasteiger partial charge in [0.05, 0.1) is 5.71 Å². The fourth-order valence-electron chi connectivity index (χ4n) is 2.30. The fraction of sp³-hybridized carbons (Fsp3) is 0.818. The molecule has 5 heteroatoms. The van der Waals surface area contributed by atoms with Crippen LogP contribution in [0.25, 0.3) is 0 Å². The molecule has 1 saturated heterocycles. The highest BCUT2D eigenvalue weighted by Gasteiger charge is 2.35. The lowest BCUT2D eigenvalue weighted by Gasteiger charge is -2.42. The van der Waals surface area contributed by atoms with Crippen LogP contribution in [0, 0.1) is 0 Å². The van der Waals surface area contributed by atoms with Crippen LogP contribution >= 0.6 is 0 Å². The summed E-state index contributed by atoms with van der Waals surface area (Å²) in [4.78, 5) is 15.6. The average molecular weight is 227 g/mol. The Morgan fingerprint density at radius 2 is 1.81 bits per heavy atom. The van der Waals surface area contributed by atoms with Gasteiger partial charge in [0, 0.05) is 31.0 Å². The van der Waals surface area contributed by atoms with Gasteiger partial charge in [0.2, 0.25) is 0 Å². The van der Waals surface area contributed by atoms with Crippen LogP contribution in [0.3, 0.4) is 0 Å². The summed E-state index contributed by atoms with van der Waals surface area (Å²) in [7, 11) is 1.51. The van der Waals surface area contributed by atoms with Gasteiger partial charge in [-0.3, -0.25) is 4.84 Å². The summed E-state index contributed by atoms with van der Waals surface area (Å²) in [5, 5.41) is 9.80. The second kappa shape index (κ2) is 4.41. The maximum absolute atomic E-state index is 10.9. The standard InChI is InChI=1S/C11H21N3O2/c1-10(2)6-8(7-11(3,4)14-10)13-16-9(15)12-5/h14H,6-7H2,1-5H3,(H,12,15). The zero-order valence-electron chi connectivity index (χ0n) is 10.7. The summed E-state index contributed by atoms with van der Waals surface area (Å²) in [5.41, 5.74) is 0.872. The zero-order chi connectivity index (χ0) is 12.4. The number of carbonyl (C=O) groups excluding carboxylic acids is 1. The van der Waals surface area contributed by atoms with E-state index in [1.807, 2.05) is 0 Å². The first kappa shape index (κ1) is 13.0. The maximum atomic E-state index is 10.9. The van der Waals surface area contributed by atoms with Crippen molar-refractivity contribution in [3.8, 4) is 0 Å². The molecule has 16 heavy (non-hydrogen) atoms. The van der Waals surface area contributed by atoms with Crippen molar-refractivity contribution in [1.29, 1.82) is 0 Å². The third-order valence-electron chi connectivity index (χ3n) is 2.43. The summed E-state index contributed by atoms with van der Waals surface area (Å²) in [6.45, 7) is 8.46. The quantitative estimate of drug-likeness (QED) is 0.529. The van der Waals surface area contributed by atoms with Crippen molar-refractivity contribution in [3.05, 3.63) is 0 Å². The monoisotopic (exact) mass is 227 g/mol. The Bertz CT molecular complexity index is 290. The molecule has 0 aromatic carbocycles. The average Bonchev–Trinajstić information content (AvgIpc) is 2.09. The first-order chi connectivity index (χ1) is 7.24. The Labute approximate surface area is 96.6 Å². The van der Waals surface area contributed by atoms with Gasteiger partial charge in [-0.25, -0.2) is 4.79 Å². The molecule has 0 unspecified atom stereocenters. The SMILES string of the molecule is CNC(=O)ON=C1CC(C)(C)NC(C)(C)C1. The van der Waals surface area contributed by atoms with Crippen LogP contribution in [0.15, 0.2) is 5.16 Å². The number of hydrogen-bond donors (Lipinski definition) is 2. The molecule has 1 aliphatic heterocycles. The highest BCUT2D eigenvalue weighted by molar-refractivity contribution is 5.87. The van der Waals surface area contributed by atoms with Gasteiger partial charge in [0.15, 0.2) is 0 Å². The number of rotatable bonds is 1. The number of oxime groups is 1. The molecule has 1 heterocycles. The molecule has 2 N–H and O–H groups in total. The molecule has 1 amide bonds. The van der Waals surface area contributed by atoms with Gasteiger partial charge in [-0.1, -0.05) is 5.16 Å². The molecule has 92 valence electrons. The second-order valence-electron chi connectivity index (χ2n) is 5.53. The van der Waals surface area contributed by atoms with E-state index in [2.05, 4.69) is 43.5 Å². The topological polar surface area (TPSA) is 62.7 Å². The summed E-state index contributed by atoms with van der Waals surface area (Å²) >= 11 is 0. The van der Waals surface area contributed by atoms with Gasteiger partial charge in [-0.15, -0.1) is 0 Å². The largest absolute Gasteiger partial charge is 0.433 e. The summed E-state index contributed by atoms with van der Waals surface area (Å²) in [6, 6.07) is 0. The van der Waals surface area contributed by atoms with Crippen LogP contribution in [0.1, 0.15) is 40.5 Å². The Kier molecular flexibility index (Phi) is 3.57. The highest BCUT2D eigenvalue weighted by Crippen LogP contribution is 2.26. The van der Waals surface area contributed by atoms with Crippen LogP contribution in [0.4, 0.5) is 4.79 Å². The smallest absolute Gasteiger partial charge is 0.323 e. The van der Waals surface area contributed by atoms with Crippen LogP contribution in [-0.2, 0) is 4.84 Å². The van der Waals surface area contributed by atoms with Crippen molar-refractivity contribution in [1.82, 2.24) is 10.6 Å². The Morgan fingerprint density at radius 1 is 1.31 bits per heavy atom. The number of piperidine rings is 1. The van der Waals surface area contributed by atoms with E-state index in [-0.39, 0.29) is 11.1 Å². The predicted molar refractivity (Wildman–Crippen MR) is 63.5 cm³/mol. The molecule has 5 nitrogen and oxygen atoms in total. The minimum Gasteiger partial charge on any atom is -0.323 e. The van der Waals surface area contributed by atoms with Gasteiger partial charge in [-0.2, -0.15) is 0 Å². The number of carbonyl (C=O) groups is 1. The number of hydrogen-bond acceptors (Lipinski definition) is 4. The molecular weight excluding hydrogens is 206 g/mol. The molecule has 0 aromatic rings. The third kappa shape index (κ3) is 3.81. The third-order valence-corrected chi connectivity index (χ3v) is 2.43. The van der Waals surface area contributed by atoms with E-state index < -0.39 is 6.09 Å². The van der Waals surface area contributed by atoms with Crippen LogP contribution in [-0.4, -0.2) is 29.9 Å². The summed E-state index contributed by atoms with van der Waals surface area (Å²) < 4.78 is 0. The van der Waals surface area contributed by atoms with Gasteiger partial charge in [0.1, 0.15) is 0 Å². The van der Waals surface area contributed by atoms with E-state index in [4.69, 9.17) is 4.84 Å². The van der Waals surface area contributed by atoms with Crippen molar-refractivity contribution < 1.29 is 9.63 Å². The van der Waals surface area contributed by atoms with Gasteiger partial charge in [0.25, 0.3) is 0 Å². The molecule has 0 spiro atoms. The Morgan fingerprint density at radius 3 is 2.25 bits per heavy atom. The normalized spacial score (nSPS) is 22.4. The number of amides is 1. The van der Waals surface area contributed by atoms with Crippen LogP contribution in [0.5, 0.6) is 0 Å². The van der Waals surface area contributed by atoms with E-state index >= 15 is 0 Å². The lowest BCUT2D eigenvalue weighted by molar-refractivity contribution is 0.149. The van der Waals surface area contributed by atoms with Crippen molar-refractivity contribution in [2.45, 2.75) is 51.6 Å². The van der Waals surface area contributed by atoms with Crippen molar-refractivity contribution in [2.24, 2.45) is 5.16 Å². The fourth-order valence-corrected chi connectivity index (χ4v) is 2.30. The van der Waals surface area contributed by atoms with E-state index in [0.29, 0.717) is 0 Å².